The fraction of sp³-hybridized carbons (Fsp3) is 0.714. The van der Waals surface area contributed by atoms with Crippen molar-refractivity contribution in [3.8, 4) is 0 Å². The number of carboxylic acids is 2. The maximum absolute atomic E-state index is 13.4. The molecule has 63 heavy (non-hydrogen) atoms. The fourth-order valence-corrected chi connectivity index (χ4v) is 15.3. The van der Waals surface area contributed by atoms with Crippen LogP contribution >= 0.6 is 23.5 Å². The number of carbonyl (C=O) groups excluding carboxylic acids is 2. The third-order valence-corrected chi connectivity index (χ3v) is 18.4. The van der Waals surface area contributed by atoms with Gasteiger partial charge in [0.25, 0.3) is 11.8 Å². The van der Waals surface area contributed by atoms with E-state index in [0.29, 0.717) is 66.4 Å². The van der Waals surface area contributed by atoms with Crippen LogP contribution in [0, 0.1) is 59.2 Å². The van der Waals surface area contributed by atoms with Gasteiger partial charge in [0.2, 0.25) is 0 Å². The molecule has 8 saturated carbocycles. The van der Waals surface area contributed by atoms with E-state index in [9.17, 15) is 24.3 Å². The molecule has 0 spiro atoms. The third kappa shape index (κ3) is 10.0. The quantitative estimate of drug-likeness (QED) is 0.126. The predicted octanol–water partition coefficient (Wildman–Crippen LogP) is 8.49. The molecule has 2 aliphatic heterocycles. The lowest BCUT2D eigenvalue weighted by atomic mass is 9.54. The van der Waals surface area contributed by atoms with E-state index >= 15 is 0 Å². The Hall–Kier alpha value is -3.52. The first-order valence-corrected chi connectivity index (χ1v) is 26.3. The van der Waals surface area contributed by atoms with Gasteiger partial charge in [-0.25, -0.2) is 9.97 Å². The molecular formula is C49H68N6O6S2. The number of rotatable bonds is 15. The first kappa shape index (κ1) is 44.7. The minimum Gasteiger partial charge on any atom is -0.481 e. The molecule has 4 heterocycles. The Morgan fingerprint density at radius 3 is 1.44 bits per heavy atom. The van der Waals surface area contributed by atoms with Crippen molar-refractivity contribution in [3.63, 3.8) is 0 Å². The zero-order valence-electron chi connectivity index (χ0n) is 37.2. The van der Waals surface area contributed by atoms with Gasteiger partial charge < -0.3 is 30.6 Å². The Morgan fingerprint density at radius 1 is 0.619 bits per heavy atom. The Labute approximate surface area is 381 Å². The summed E-state index contributed by atoms with van der Waals surface area (Å²) in [6.07, 6.45) is 16.9. The summed E-state index contributed by atoms with van der Waals surface area (Å²) in [5.74, 6) is 8.07. The number of pyridine rings is 2. The fourth-order valence-electron chi connectivity index (χ4n) is 13.6. The van der Waals surface area contributed by atoms with Crippen LogP contribution in [0.1, 0.15) is 131 Å². The van der Waals surface area contributed by atoms with Gasteiger partial charge in [-0.3, -0.25) is 19.2 Å². The molecule has 2 saturated heterocycles. The average Bonchev–Trinajstić information content (AvgIpc) is 3.95. The van der Waals surface area contributed by atoms with E-state index in [1.54, 1.807) is 23.5 Å². The smallest absolute Gasteiger partial charge is 0.308 e. The summed E-state index contributed by atoms with van der Waals surface area (Å²) >= 11 is 3.29. The number of nitrogens with one attached hydrogen (secondary N) is 2. The summed E-state index contributed by atoms with van der Waals surface area (Å²) in [6.45, 7) is 6.99. The molecule has 0 unspecified atom stereocenters. The zero-order valence-corrected chi connectivity index (χ0v) is 38.9. The second-order valence-electron chi connectivity index (χ2n) is 20.6. The number of hydrogen-bond acceptors (Lipinski definition) is 10. The van der Waals surface area contributed by atoms with Crippen LogP contribution < -0.4 is 20.4 Å². The van der Waals surface area contributed by atoms with E-state index < -0.39 is 11.9 Å². The first-order valence-electron chi connectivity index (χ1n) is 24.4. The van der Waals surface area contributed by atoms with Crippen molar-refractivity contribution in [1.29, 1.82) is 0 Å². The van der Waals surface area contributed by atoms with Crippen LogP contribution in [0.15, 0.2) is 34.3 Å². The van der Waals surface area contributed by atoms with E-state index in [4.69, 9.17) is 15.1 Å². The van der Waals surface area contributed by atoms with Gasteiger partial charge in [0.05, 0.1) is 17.0 Å². The Kier molecular flexibility index (Phi) is 13.8. The number of nitrogens with zero attached hydrogens (tertiary/aromatic N) is 4. The molecule has 12 nitrogen and oxygen atoms in total. The number of amides is 2. The van der Waals surface area contributed by atoms with E-state index in [1.807, 2.05) is 29.2 Å². The molecular weight excluding hydrogens is 833 g/mol. The van der Waals surface area contributed by atoms with Crippen molar-refractivity contribution >= 4 is 58.9 Å². The van der Waals surface area contributed by atoms with Crippen LogP contribution in [0.3, 0.4) is 0 Å². The summed E-state index contributed by atoms with van der Waals surface area (Å²) in [5.41, 5.74) is 1.37. The second-order valence-corrected chi connectivity index (χ2v) is 22.7. The molecule has 10 fully saturated rings. The molecule has 14 heteroatoms. The molecule has 8 bridgehead atoms. The Morgan fingerprint density at radius 2 is 1.05 bits per heavy atom. The minimum absolute atomic E-state index is 0.0139. The highest BCUT2D eigenvalue weighted by Gasteiger charge is 2.50. The molecule has 0 aromatic carbocycles. The molecule has 2 aromatic rings. The first-order chi connectivity index (χ1) is 30.5. The molecule has 342 valence electrons. The van der Waals surface area contributed by atoms with Crippen molar-refractivity contribution < 1.29 is 29.4 Å². The molecule has 0 radical (unpaired) electrons. The van der Waals surface area contributed by atoms with Crippen LogP contribution in [0.2, 0.25) is 0 Å². The van der Waals surface area contributed by atoms with E-state index in [-0.39, 0.29) is 30.1 Å². The highest BCUT2D eigenvalue weighted by molar-refractivity contribution is 7.99. The molecule has 12 rings (SSSR count). The van der Waals surface area contributed by atoms with Gasteiger partial charge in [0.1, 0.15) is 21.7 Å². The van der Waals surface area contributed by atoms with E-state index in [1.165, 1.54) is 64.2 Å². The lowest BCUT2D eigenvalue weighted by Gasteiger charge is -2.54. The van der Waals surface area contributed by atoms with Crippen LogP contribution in [-0.2, 0) is 9.59 Å². The minimum atomic E-state index is -0.741. The predicted molar refractivity (Wildman–Crippen MR) is 248 cm³/mol. The van der Waals surface area contributed by atoms with Gasteiger partial charge in [0.15, 0.2) is 0 Å². The highest BCUT2D eigenvalue weighted by Crippen LogP contribution is 2.55. The molecule has 4 N–H and O–H groups in total. The summed E-state index contributed by atoms with van der Waals surface area (Å²) in [4.78, 5) is 63.0. The standard InChI is InChI=1S/C25H35N3O3S.C24H33N3O3S/c1-2-7-32-25-20(3-4-21(26-25)28-6-5-15(14-28)13-22(29)30)24(31)27-23-18-9-16-8-17(11-18)12-19(23)10-16;1-2-7-31-23-19(3-4-20(25-23)27-6-5-16(13-27)24(29)30)22(28)26-21-17-9-14-8-15(11-17)12-18(21)10-14/h3-4,15-19,23H,2,5-14H2,1H3,(H,27,31)(H,29,30);3-4,14-18,21H,2,5-13H2,1H3,(H,26,28)(H,29,30)/t15-,16?,17?,18?,19?,23?;14?,15?,16-,17?,18?,21?/m01/s1. The molecule has 2 aromatic heterocycles. The van der Waals surface area contributed by atoms with Gasteiger partial charge in [-0.15, -0.1) is 23.5 Å². The normalized spacial score (nSPS) is 33.3. The lowest BCUT2D eigenvalue weighted by molar-refractivity contribution is -0.141. The number of hydrogen-bond donors (Lipinski definition) is 4. The van der Waals surface area contributed by atoms with Crippen LogP contribution in [-0.4, -0.2) is 93.7 Å². The lowest BCUT2D eigenvalue weighted by Crippen LogP contribution is -2.55. The average molecular weight is 901 g/mol. The van der Waals surface area contributed by atoms with E-state index in [2.05, 4.69) is 29.4 Å². The van der Waals surface area contributed by atoms with Gasteiger partial charge >= 0.3 is 11.9 Å². The van der Waals surface area contributed by atoms with Crippen LogP contribution in [0.4, 0.5) is 11.6 Å². The zero-order chi connectivity index (χ0) is 43.8. The van der Waals surface area contributed by atoms with Crippen molar-refractivity contribution in [1.82, 2.24) is 20.6 Å². The number of aromatic nitrogens is 2. The maximum Gasteiger partial charge on any atom is 0.308 e. The molecule has 2 amide bonds. The van der Waals surface area contributed by atoms with E-state index in [0.717, 1.165) is 89.2 Å². The number of anilines is 2. The summed E-state index contributed by atoms with van der Waals surface area (Å²) in [5, 5.41) is 26.9. The van der Waals surface area contributed by atoms with Crippen molar-refractivity contribution in [3.05, 3.63) is 35.4 Å². The maximum atomic E-state index is 13.4. The Bertz CT molecular complexity index is 1960. The molecule has 8 aliphatic carbocycles. The summed E-state index contributed by atoms with van der Waals surface area (Å²) < 4.78 is 0. The SMILES string of the molecule is CCCSc1nc(N2CC[C@@H](C(=O)O)C2)ccc1C(=O)NC1C2CC3CC(C2)CC1C3.CCCSc1nc(N2CC[C@@H](CC(=O)O)C2)ccc1C(=O)NC1C2CC3CC(C2)CC1C3. The van der Waals surface area contributed by atoms with Crippen molar-refractivity contribution in [2.24, 2.45) is 59.2 Å². The number of carbonyl (C=O) groups is 4. The van der Waals surface area contributed by atoms with Crippen LogP contribution in [0.25, 0.3) is 0 Å². The molecule has 2 atom stereocenters. The summed E-state index contributed by atoms with van der Waals surface area (Å²) in [7, 11) is 0. The Balaban J connectivity index is 0.000000160. The second kappa shape index (κ2) is 19.5. The number of aliphatic carboxylic acids is 2. The monoisotopic (exact) mass is 900 g/mol. The van der Waals surface area contributed by atoms with Crippen molar-refractivity contribution in [2.45, 2.75) is 132 Å². The van der Waals surface area contributed by atoms with Gasteiger partial charge in [-0.1, -0.05) is 13.8 Å². The highest BCUT2D eigenvalue weighted by atomic mass is 32.2. The van der Waals surface area contributed by atoms with Gasteiger partial charge in [-0.05, 0) is 179 Å². The largest absolute Gasteiger partial charge is 0.481 e. The number of thioether (sulfide) groups is 2. The summed E-state index contributed by atoms with van der Waals surface area (Å²) in [6, 6.07) is 8.33. The topological polar surface area (TPSA) is 165 Å². The van der Waals surface area contributed by atoms with Crippen LogP contribution in [0.5, 0.6) is 0 Å². The van der Waals surface area contributed by atoms with Gasteiger partial charge in [0, 0.05) is 44.7 Å². The van der Waals surface area contributed by atoms with Crippen molar-refractivity contribution in [2.75, 3.05) is 47.5 Å². The van der Waals surface area contributed by atoms with Gasteiger partial charge in [-0.2, -0.15) is 0 Å². The molecule has 10 aliphatic rings. The number of carboxylic acid groups (broad SMARTS) is 2. The third-order valence-electron chi connectivity index (χ3n) is 16.0.